The van der Waals surface area contributed by atoms with Crippen molar-refractivity contribution in [3.63, 3.8) is 0 Å². The molecule has 0 aliphatic carbocycles. The molecule has 0 unspecified atom stereocenters. The summed E-state index contributed by atoms with van der Waals surface area (Å²) in [5.74, 6) is 0. The smallest absolute Gasteiger partial charge is 0.0641 e. The molecular formula is C15H20BrN3. The quantitative estimate of drug-likeness (QED) is 0.860. The van der Waals surface area contributed by atoms with E-state index in [1.165, 1.54) is 16.8 Å². The first-order chi connectivity index (χ1) is 8.97. The van der Waals surface area contributed by atoms with Crippen molar-refractivity contribution in [1.29, 1.82) is 0 Å². The molecule has 0 radical (unpaired) electrons. The van der Waals surface area contributed by atoms with Crippen LogP contribution in [-0.2, 0) is 20.1 Å². The van der Waals surface area contributed by atoms with Gasteiger partial charge >= 0.3 is 0 Å². The zero-order valence-electron chi connectivity index (χ0n) is 11.9. The first kappa shape index (κ1) is 14.3. The summed E-state index contributed by atoms with van der Waals surface area (Å²) in [6, 6.07) is 8.45. The minimum Gasteiger partial charge on any atom is -0.298 e. The van der Waals surface area contributed by atoms with Crippen LogP contribution in [0.4, 0.5) is 0 Å². The molecule has 0 N–H and O–H groups in total. The van der Waals surface area contributed by atoms with Gasteiger partial charge in [0.25, 0.3) is 0 Å². The van der Waals surface area contributed by atoms with Gasteiger partial charge in [0, 0.05) is 35.9 Å². The Kier molecular flexibility index (Phi) is 4.42. The fraction of sp³-hybridized carbons (Fsp3) is 0.400. The first-order valence-corrected chi connectivity index (χ1v) is 7.18. The molecule has 2 rings (SSSR count). The summed E-state index contributed by atoms with van der Waals surface area (Å²) >= 11 is 3.51. The number of rotatable bonds is 4. The van der Waals surface area contributed by atoms with E-state index in [1.807, 2.05) is 11.7 Å². The van der Waals surface area contributed by atoms with Gasteiger partial charge in [-0.25, -0.2) is 0 Å². The molecule has 1 aromatic heterocycles. The van der Waals surface area contributed by atoms with E-state index in [0.29, 0.717) is 0 Å². The van der Waals surface area contributed by atoms with Gasteiger partial charge in [0.1, 0.15) is 0 Å². The molecule has 0 saturated heterocycles. The highest BCUT2D eigenvalue weighted by Crippen LogP contribution is 2.17. The normalized spacial score (nSPS) is 11.3. The Balaban J connectivity index is 2.07. The Hall–Kier alpha value is -1.13. The van der Waals surface area contributed by atoms with Crippen LogP contribution in [0.15, 0.2) is 28.7 Å². The summed E-state index contributed by atoms with van der Waals surface area (Å²) in [6.45, 7) is 6.07. The molecule has 3 nitrogen and oxygen atoms in total. The highest BCUT2D eigenvalue weighted by atomic mass is 79.9. The third-order valence-electron chi connectivity index (χ3n) is 3.43. The molecular weight excluding hydrogens is 302 g/mol. The zero-order chi connectivity index (χ0) is 14.0. The number of hydrogen-bond donors (Lipinski definition) is 0. The van der Waals surface area contributed by atoms with Gasteiger partial charge in [-0.05, 0) is 38.6 Å². The number of nitrogens with zero attached hydrogens (tertiary/aromatic N) is 3. The third kappa shape index (κ3) is 3.45. The largest absolute Gasteiger partial charge is 0.298 e. The molecule has 0 aliphatic heterocycles. The van der Waals surface area contributed by atoms with Crippen LogP contribution in [0.2, 0.25) is 0 Å². The predicted molar refractivity (Wildman–Crippen MR) is 82.0 cm³/mol. The summed E-state index contributed by atoms with van der Waals surface area (Å²) in [7, 11) is 4.15. The van der Waals surface area contributed by atoms with Crippen LogP contribution in [0.1, 0.15) is 22.5 Å². The maximum absolute atomic E-state index is 4.47. The Labute approximate surface area is 123 Å². The van der Waals surface area contributed by atoms with Crippen molar-refractivity contribution in [1.82, 2.24) is 14.7 Å². The standard InChI is InChI=1S/C15H20BrN3/c1-11-15(12(2)19(4)17-11)10-18(3)9-13-6-5-7-14(16)8-13/h5-8H,9-10H2,1-4H3. The van der Waals surface area contributed by atoms with Gasteiger partial charge in [-0.3, -0.25) is 9.58 Å². The predicted octanol–water partition coefficient (Wildman–Crippen LogP) is 3.43. The maximum atomic E-state index is 4.47. The van der Waals surface area contributed by atoms with Crippen LogP contribution >= 0.6 is 15.9 Å². The fourth-order valence-electron chi connectivity index (χ4n) is 2.32. The topological polar surface area (TPSA) is 21.1 Å². The summed E-state index contributed by atoms with van der Waals surface area (Å²) in [5, 5.41) is 4.47. The maximum Gasteiger partial charge on any atom is 0.0641 e. The van der Waals surface area contributed by atoms with Crippen LogP contribution in [0, 0.1) is 13.8 Å². The average Bonchev–Trinajstić information content (AvgIpc) is 2.56. The highest BCUT2D eigenvalue weighted by Gasteiger charge is 2.11. The molecule has 0 aliphatic rings. The van der Waals surface area contributed by atoms with Crippen LogP contribution in [0.3, 0.4) is 0 Å². The van der Waals surface area contributed by atoms with Crippen molar-refractivity contribution in [2.75, 3.05) is 7.05 Å². The van der Waals surface area contributed by atoms with Gasteiger partial charge in [-0.15, -0.1) is 0 Å². The average molecular weight is 322 g/mol. The molecule has 0 spiro atoms. The molecule has 1 aromatic carbocycles. The Bertz CT molecular complexity index is 575. The molecule has 0 bridgehead atoms. The lowest BCUT2D eigenvalue weighted by Crippen LogP contribution is -2.18. The second-order valence-corrected chi connectivity index (χ2v) is 5.99. The molecule has 19 heavy (non-hydrogen) atoms. The van der Waals surface area contributed by atoms with Crippen molar-refractivity contribution >= 4 is 15.9 Å². The van der Waals surface area contributed by atoms with E-state index in [4.69, 9.17) is 0 Å². The van der Waals surface area contributed by atoms with Crippen molar-refractivity contribution in [2.24, 2.45) is 7.05 Å². The van der Waals surface area contributed by atoms with E-state index in [9.17, 15) is 0 Å². The molecule has 0 atom stereocenters. The van der Waals surface area contributed by atoms with Gasteiger partial charge in [0.2, 0.25) is 0 Å². The number of halogens is 1. The SMILES string of the molecule is Cc1nn(C)c(C)c1CN(C)Cc1cccc(Br)c1. The molecule has 102 valence electrons. The number of hydrogen-bond acceptors (Lipinski definition) is 2. The van der Waals surface area contributed by atoms with Crippen LogP contribution < -0.4 is 0 Å². The van der Waals surface area contributed by atoms with E-state index < -0.39 is 0 Å². The lowest BCUT2D eigenvalue weighted by molar-refractivity contribution is 0.317. The lowest BCUT2D eigenvalue weighted by Gasteiger charge is -2.17. The van der Waals surface area contributed by atoms with Crippen LogP contribution in [0.25, 0.3) is 0 Å². The van der Waals surface area contributed by atoms with E-state index in [-0.39, 0.29) is 0 Å². The molecule has 0 fully saturated rings. The third-order valence-corrected chi connectivity index (χ3v) is 3.92. The van der Waals surface area contributed by atoms with E-state index in [1.54, 1.807) is 0 Å². The number of aryl methyl sites for hydroxylation is 2. The number of aromatic nitrogens is 2. The van der Waals surface area contributed by atoms with Crippen LogP contribution in [-0.4, -0.2) is 21.7 Å². The Morgan fingerprint density at radius 3 is 2.58 bits per heavy atom. The summed E-state index contributed by atoms with van der Waals surface area (Å²) in [4.78, 5) is 2.32. The first-order valence-electron chi connectivity index (χ1n) is 6.39. The van der Waals surface area contributed by atoms with Gasteiger partial charge in [0.15, 0.2) is 0 Å². The summed E-state index contributed by atoms with van der Waals surface area (Å²) < 4.78 is 3.09. The second kappa shape index (κ2) is 5.88. The molecule has 0 amide bonds. The van der Waals surface area contributed by atoms with Crippen molar-refractivity contribution in [3.05, 3.63) is 51.3 Å². The lowest BCUT2D eigenvalue weighted by atomic mass is 10.1. The minimum atomic E-state index is 0.929. The molecule has 0 saturated carbocycles. The van der Waals surface area contributed by atoms with Crippen molar-refractivity contribution < 1.29 is 0 Å². The van der Waals surface area contributed by atoms with E-state index >= 15 is 0 Å². The van der Waals surface area contributed by atoms with Crippen molar-refractivity contribution in [2.45, 2.75) is 26.9 Å². The van der Waals surface area contributed by atoms with Gasteiger partial charge in [-0.2, -0.15) is 5.10 Å². The molecule has 4 heteroatoms. The van der Waals surface area contributed by atoms with Crippen molar-refractivity contribution in [3.8, 4) is 0 Å². The van der Waals surface area contributed by atoms with Gasteiger partial charge < -0.3 is 0 Å². The van der Waals surface area contributed by atoms with Gasteiger partial charge in [0.05, 0.1) is 5.69 Å². The Morgan fingerprint density at radius 1 is 1.26 bits per heavy atom. The fourth-order valence-corrected chi connectivity index (χ4v) is 2.77. The minimum absolute atomic E-state index is 0.929. The van der Waals surface area contributed by atoms with E-state index in [2.05, 4.69) is 71.1 Å². The summed E-state index contributed by atoms with van der Waals surface area (Å²) in [6.07, 6.45) is 0. The van der Waals surface area contributed by atoms with Gasteiger partial charge in [-0.1, -0.05) is 28.1 Å². The van der Waals surface area contributed by atoms with E-state index in [0.717, 1.165) is 23.3 Å². The molecule has 1 heterocycles. The monoisotopic (exact) mass is 321 g/mol. The molecule has 2 aromatic rings. The summed E-state index contributed by atoms with van der Waals surface area (Å²) in [5.41, 5.74) is 5.02. The second-order valence-electron chi connectivity index (χ2n) is 5.08. The zero-order valence-corrected chi connectivity index (χ0v) is 13.5. The Morgan fingerprint density at radius 2 is 2.00 bits per heavy atom. The van der Waals surface area contributed by atoms with Crippen LogP contribution in [0.5, 0.6) is 0 Å². The number of benzene rings is 1. The highest BCUT2D eigenvalue weighted by molar-refractivity contribution is 9.10.